The SMILES string of the molecule is CCCCC/C(=C/C=O)c1ccccc1. The van der Waals surface area contributed by atoms with Gasteiger partial charge in [0.1, 0.15) is 6.29 Å². The molecular weight excluding hydrogens is 184 g/mol. The summed E-state index contributed by atoms with van der Waals surface area (Å²) in [5, 5.41) is 0. The van der Waals surface area contributed by atoms with Crippen LogP contribution in [0, 0.1) is 0 Å². The second kappa shape index (κ2) is 6.99. The third-order valence-electron chi connectivity index (χ3n) is 2.46. The van der Waals surface area contributed by atoms with Crippen LogP contribution in [0.2, 0.25) is 0 Å². The first-order valence-corrected chi connectivity index (χ1v) is 5.58. The second-order valence-corrected chi connectivity index (χ2v) is 3.65. The number of hydrogen-bond acceptors (Lipinski definition) is 1. The van der Waals surface area contributed by atoms with Crippen molar-refractivity contribution < 1.29 is 4.79 Å². The van der Waals surface area contributed by atoms with Crippen LogP contribution in [0.5, 0.6) is 0 Å². The minimum absolute atomic E-state index is 0.883. The van der Waals surface area contributed by atoms with Crippen molar-refractivity contribution in [3.05, 3.63) is 42.0 Å². The van der Waals surface area contributed by atoms with E-state index in [0.29, 0.717) is 0 Å². The standard InChI is InChI=1S/C14H18O/c1-2-3-5-8-14(11-12-15)13-9-6-4-7-10-13/h4,6-7,9-12H,2-3,5,8H2,1H3/b14-11-. The van der Waals surface area contributed by atoms with Gasteiger partial charge in [0.2, 0.25) is 0 Å². The van der Waals surface area contributed by atoms with Gasteiger partial charge < -0.3 is 0 Å². The van der Waals surface area contributed by atoms with Gasteiger partial charge in [0, 0.05) is 0 Å². The van der Waals surface area contributed by atoms with Crippen LogP contribution in [0.25, 0.3) is 5.57 Å². The summed E-state index contributed by atoms with van der Waals surface area (Å²) < 4.78 is 0. The largest absolute Gasteiger partial charge is 0.299 e. The maximum absolute atomic E-state index is 10.5. The molecule has 1 aromatic rings. The second-order valence-electron chi connectivity index (χ2n) is 3.65. The maximum Gasteiger partial charge on any atom is 0.143 e. The number of allylic oxidation sites excluding steroid dienone is 2. The van der Waals surface area contributed by atoms with E-state index >= 15 is 0 Å². The fraction of sp³-hybridized carbons (Fsp3) is 0.357. The van der Waals surface area contributed by atoms with E-state index in [1.165, 1.54) is 18.4 Å². The molecule has 0 saturated heterocycles. The Labute approximate surface area is 91.8 Å². The smallest absolute Gasteiger partial charge is 0.143 e. The van der Waals surface area contributed by atoms with E-state index in [4.69, 9.17) is 0 Å². The number of carbonyl (C=O) groups is 1. The zero-order chi connectivity index (χ0) is 10.9. The molecule has 1 nitrogen and oxygen atoms in total. The summed E-state index contributed by atoms with van der Waals surface area (Å²) in [6.45, 7) is 2.19. The van der Waals surface area contributed by atoms with E-state index in [9.17, 15) is 4.79 Å². The van der Waals surface area contributed by atoms with E-state index in [-0.39, 0.29) is 0 Å². The van der Waals surface area contributed by atoms with Crippen molar-refractivity contribution in [2.75, 3.05) is 0 Å². The number of unbranched alkanes of at least 4 members (excludes halogenated alkanes) is 2. The average Bonchev–Trinajstić information content (AvgIpc) is 2.29. The molecule has 0 N–H and O–H groups in total. The molecule has 0 bridgehead atoms. The molecule has 0 radical (unpaired) electrons. The molecule has 1 heteroatoms. The molecule has 1 rings (SSSR count). The summed E-state index contributed by atoms with van der Waals surface area (Å²) in [7, 11) is 0. The van der Waals surface area contributed by atoms with Crippen LogP contribution in [0.3, 0.4) is 0 Å². The molecule has 0 aromatic heterocycles. The molecule has 0 unspecified atom stereocenters. The zero-order valence-electron chi connectivity index (χ0n) is 9.28. The van der Waals surface area contributed by atoms with E-state index in [0.717, 1.165) is 24.7 Å². The van der Waals surface area contributed by atoms with Crippen molar-refractivity contribution >= 4 is 11.9 Å². The van der Waals surface area contributed by atoms with Crippen LogP contribution in [0.1, 0.15) is 38.2 Å². The predicted octanol–water partition coefficient (Wildman–Crippen LogP) is 3.85. The van der Waals surface area contributed by atoms with Crippen LogP contribution < -0.4 is 0 Å². The lowest BCUT2D eigenvalue weighted by molar-refractivity contribution is -0.104. The van der Waals surface area contributed by atoms with Crippen molar-refractivity contribution in [3.8, 4) is 0 Å². The summed E-state index contributed by atoms with van der Waals surface area (Å²) in [6, 6.07) is 10.1. The van der Waals surface area contributed by atoms with Gasteiger partial charge in [-0.15, -0.1) is 0 Å². The lowest BCUT2D eigenvalue weighted by Gasteiger charge is -2.05. The molecule has 0 aliphatic heterocycles. The Hall–Kier alpha value is -1.37. The summed E-state index contributed by atoms with van der Waals surface area (Å²) in [5.41, 5.74) is 2.32. The third kappa shape index (κ3) is 4.11. The van der Waals surface area contributed by atoms with Gasteiger partial charge in [0.15, 0.2) is 0 Å². The topological polar surface area (TPSA) is 17.1 Å². The molecule has 0 fully saturated rings. The number of benzene rings is 1. The fourth-order valence-electron chi connectivity index (χ4n) is 1.62. The maximum atomic E-state index is 10.5. The molecule has 0 atom stereocenters. The van der Waals surface area contributed by atoms with Gasteiger partial charge in [0.25, 0.3) is 0 Å². The van der Waals surface area contributed by atoms with E-state index in [2.05, 4.69) is 19.1 Å². The predicted molar refractivity (Wildman–Crippen MR) is 64.6 cm³/mol. The first-order valence-electron chi connectivity index (χ1n) is 5.58. The monoisotopic (exact) mass is 202 g/mol. The highest BCUT2D eigenvalue weighted by Crippen LogP contribution is 2.20. The van der Waals surface area contributed by atoms with Gasteiger partial charge in [-0.2, -0.15) is 0 Å². The van der Waals surface area contributed by atoms with E-state index in [1.54, 1.807) is 6.08 Å². The van der Waals surface area contributed by atoms with Gasteiger partial charge in [-0.3, -0.25) is 4.79 Å². The molecule has 0 aliphatic rings. The van der Waals surface area contributed by atoms with Gasteiger partial charge in [-0.1, -0.05) is 50.1 Å². The van der Waals surface area contributed by atoms with Crippen LogP contribution in [0.15, 0.2) is 36.4 Å². The van der Waals surface area contributed by atoms with Crippen molar-refractivity contribution in [2.45, 2.75) is 32.6 Å². The molecule has 0 saturated carbocycles. The lowest BCUT2D eigenvalue weighted by atomic mass is 10.00. The average molecular weight is 202 g/mol. The van der Waals surface area contributed by atoms with Gasteiger partial charge >= 0.3 is 0 Å². The van der Waals surface area contributed by atoms with Crippen molar-refractivity contribution in [1.82, 2.24) is 0 Å². The minimum atomic E-state index is 0.883. The molecule has 0 spiro atoms. The van der Waals surface area contributed by atoms with E-state index < -0.39 is 0 Å². The highest BCUT2D eigenvalue weighted by Gasteiger charge is 1.99. The zero-order valence-corrected chi connectivity index (χ0v) is 9.28. The number of carbonyl (C=O) groups excluding carboxylic acids is 1. The molecule has 0 aliphatic carbocycles. The number of hydrogen-bond donors (Lipinski definition) is 0. The Morgan fingerprint density at radius 3 is 2.53 bits per heavy atom. The van der Waals surface area contributed by atoms with Gasteiger partial charge in [-0.25, -0.2) is 0 Å². The van der Waals surface area contributed by atoms with Gasteiger partial charge in [0.05, 0.1) is 0 Å². The Morgan fingerprint density at radius 2 is 1.93 bits per heavy atom. The molecule has 1 aromatic carbocycles. The van der Waals surface area contributed by atoms with Gasteiger partial charge in [-0.05, 0) is 30.1 Å². The van der Waals surface area contributed by atoms with Crippen LogP contribution in [-0.4, -0.2) is 6.29 Å². The third-order valence-corrected chi connectivity index (χ3v) is 2.46. The minimum Gasteiger partial charge on any atom is -0.299 e. The summed E-state index contributed by atoms with van der Waals surface area (Å²) in [6.07, 6.45) is 7.16. The van der Waals surface area contributed by atoms with Crippen molar-refractivity contribution in [2.24, 2.45) is 0 Å². The Morgan fingerprint density at radius 1 is 1.20 bits per heavy atom. The molecule has 0 heterocycles. The lowest BCUT2D eigenvalue weighted by Crippen LogP contribution is -1.86. The van der Waals surface area contributed by atoms with E-state index in [1.807, 2.05) is 18.2 Å². The quantitative estimate of drug-likeness (QED) is 0.389. The van der Waals surface area contributed by atoms with Crippen LogP contribution in [-0.2, 0) is 4.79 Å². The number of rotatable bonds is 6. The fourth-order valence-corrected chi connectivity index (χ4v) is 1.62. The first kappa shape index (κ1) is 11.7. The Balaban J connectivity index is 2.67. The summed E-state index contributed by atoms with van der Waals surface area (Å²) in [5.74, 6) is 0. The molecule has 80 valence electrons. The Bertz CT molecular complexity index is 311. The number of aldehydes is 1. The summed E-state index contributed by atoms with van der Waals surface area (Å²) >= 11 is 0. The normalized spacial score (nSPS) is 11.4. The van der Waals surface area contributed by atoms with Crippen molar-refractivity contribution in [3.63, 3.8) is 0 Å². The first-order chi connectivity index (χ1) is 7.38. The molecular formula is C14H18O. The van der Waals surface area contributed by atoms with Crippen LogP contribution in [0.4, 0.5) is 0 Å². The highest BCUT2D eigenvalue weighted by atomic mass is 16.1. The van der Waals surface area contributed by atoms with Crippen LogP contribution >= 0.6 is 0 Å². The molecule has 0 amide bonds. The Kier molecular flexibility index (Phi) is 5.46. The highest BCUT2D eigenvalue weighted by molar-refractivity contribution is 5.81. The summed E-state index contributed by atoms with van der Waals surface area (Å²) in [4.78, 5) is 10.5. The van der Waals surface area contributed by atoms with Crippen molar-refractivity contribution in [1.29, 1.82) is 0 Å². The molecule has 15 heavy (non-hydrogen) atoms.